The summed E-state index contributed by atoms with van der Waals surface area (Å²) >= 11 is 0. The maximum atomic E-state index is 13.4. The van der Waals surface area contributed by atoms with Crippen molar-refractivity contribution in [1.29, 1.82) is 0 Å². The highest BCUT2D eigenvalue weighted by Gasteiger charge is 2.14. The highest BCUT2D eigenvalue weighted by atomic mass is 19.1. The summed E-state index contributed by atoms with van der Waals surface area (Å²) in [5.74, 6) is -1.17. The zero-order valence-corrected chi connectivity index (χ0v) is 8.98. The number of aliphatic hydroxyl groups excluding tert-OH is 1. The first kappa shape index (κ1) is 11.7. The predicted molar refractivity (Wildman–Crippen MR) is 59.3 cm³/mol. The molecule has 0 aliphatic rings. The fourth-order valence-electron chi connectivity index (χ4n) is 1.62. The molecule has 0 saturated carbocycles. The second-order valence-electron chi connectivity index (χ2n) is 3.75. The van der Waals surface area contributed by atoms with Crippen LogP contribution in [-0.4, -0.2) is 10.1 Å². The Kier molecular flexibility index (Phi) is 3.44. The van der Waals surface area contributed by atoms with Gasteiger partial charge in [-0.15, -0.1) is 0 Å². The van der Waals surface area contributed by atoms with Gasteiger partial charge in [0.15, 0.2) is 0 Å². The van der Waals surface area contributed by atoms with Crippen LogP contribution in [0.4, 0.5) is 8.78 Å². The van der Waals surface area contributed by atoms with Crippen molar-refractivity contribution >= 4 is 0 Å². The van der Waals surface area contributed by atoms with E-state index in [2.05, 4.69) is 4.98 Å². The van der Waals surface area contributed by atoms with Gasteiger partial charge in [0.1, 0.15) is 11.6 Å². The molecule has 0 radical (unpaired) electrons. The van der Waals surface area contributed by atoms with Crippen molar-refractivity contribution in [2.75, 3.05) is 0 Å². The fraction of sp³-hybridized carbons (Fsp3) is 0.154. The summed E-state index contributed by atoms with van der Waals surface area (Å²) in [6.07, 6.45) is 2.32. The van der Waals surface area contributed by atoms with E-state index < -0.39 is 17.7 Å². The molecule has 0 saturated heterocycles. The van der Waals surface area contributed by atoms with Gasteiger partial charge < -0.3 is 5.11 Å². The minimum absolute atomic E-state index is 0.0335. The summed E-state index contributed by atoms with van der Waals surface area (Å²) in [5, 5.41) is 9.84. The molecule has 0 aliphatic carbocycles. The summed E-state index contributed by atoms with van der Waals surface area (Å²) in [7, 11) is 0. The van der Waals surface area contributed by atoms with E-state index in [-0.39, 0.29) is 12.0 Å². The first-order chi connectivity index (χ1) is 8.16. The van der Waals surface area contributed by atoms with Crippen LogP contribution in [0.25, 0.3) is 0 Å². The summed E-state index contributed by atoms with van der Waals surface area (Å²) < 4.78 is 26.3. The largest absolute Gasteiger partial charge is 0.388 e. The smallest absolute Gasteiger partial charge is 0.129 e. The van der Waals surface area contributed by atoms with Gasteiger partial charge in [-0.25, -0.2) is 8.78 Å². The second kappa shape index (κ2) is 5.01. The Bertz CT molecular complexity index is 502. The van der Waals surface area contributed by atoms with Crippen LogP contribution >= 0.6 is 0 Å². The van der Waals surface area contributed by atoms with Crippen LogP contribution in [0.5, 0.6) is 0 Å². The first-order valence-corrected chi connectivity index (χ1v) is 5.19. The number of rotatable bonds is 3. The van der Waals surface area contributed by atoms with E-state index in [1.165, 1.54) is 0 Å². The Morgan fingerprint density at radius 1 is 1.24 bits per heavy atom. The molecule has 88 valence electrons. The molecule has 0 fully saturated rings. The number of pyridine rings is 1. The Hall–Kier alpha value is -1.81. The maximum Gasteiger partial charge on any atom is 0.129 e. The van der Waals surface area contributed by atoms with Gasteiger partial charge in [0.05, 0.1) is 6.10 Å². The third-order valence-corrected chi connectivity index (χ3v) is 2.47. The van der Waals surface area contributed by atoms with Gasteiger partial charge in [-0.3, -0.25) is 4.98 Å². The fourth-order valence-corrected chi connectivity index (χ4v) is 1.62. The maximum absolute atomic E-state index is 13.4. The zero-order valence-electron chi connectivity index (χ0n) is 8.98. The number of aliphatic hydroxyl groups is 1. The molecule has 1 atom stereocenters. The molecule has 2 nitrogen and oxygen atoms in total. The molecule has 1 heterocycles. The Morgan fingerprint density at radius 3 is 2.76 bits per heavy atom. The van der Waals surface area contributed by atoms with Gasteiger partial charge in [0, 0.05) is 24.4 Å². The molecule has 1 unspecified atom stereocenters. The quantitative estimate of drug-likeness (QED) is 0.887. The van der Waals surface area contributed by atoms with Crippen LogP contribution in [0.2, 0.25) is 0 Å². The summed E-state index contributed by atoms with van der Waals surface area (Å²) in [6, 6.07) is 6.54. The van der Waals surface area contributed by atoms with Crippen LogP contribution in [0, 0.1) is 11.6 Å². The van der Waals surface area contributed by atoms with Gasteiger partial charge in [0.2, 0.25) is 0 Å². The Balaban J connectivity index is 2.20. The topological polar surface area (TPSA) is 33.1 Å². The van der Waals surface area contributed by atoms with Crippen LogP contribution in [-0.2, 0) is 6.42 Å². The van der Waals surface area contributed by atoms with E-state index in [0.717, 1.165) is 23.8 Å². The molecule has 17 heavy (non-hydrogen) atoms. The number of nitrogens with zero attached hydrogens (tertiary/aromatic N) is 1. The molecule has 1 aromatic carbocycles. The molecule has 1 aromatic heterocycles. The lowest BCUT2D eigenvalue weighted by Crippen LogP contribution is -2.05. The summed E-state index contributed by atoms with van der Waals surface area (Å²) in [4.78, 5) is 3.89. The molecule has 0 bridgehead atoms. The second-order valence-corrected chi connectivity index (χ2v) is 3.75. The lowest BCUT2D eigenvalue weighted by molar-refractivity contribution is 0.173. The van der Waals surface area contributed by atoms with Crippen LogP contribution in [0.15, 0.2) is 42.7 Å². The van der Waals surface area contributed by atoms with Crippen molar-refractivity contribution in [1.82, 2.24) is 4.98 Å². The van der Waals surface area contributed by atoms with Crippen LogP contribution < -0.4 is 0 Å². The number of benzene rings is 1. The van der Waals surface area contributed by atoms with Crippen LogP contribution in [0.3, 0.4) is 0 Å². The SMILES string of the molecule is OC(Cc1cccnc1)c1cc(F)ccc1F. The van der Waals surface area contributed by atoms with E-state index in [4.69, 9.17) is 0 Å². The number of hydrogen-bond donors (Lipinski definition) is 1. The Labute approximate surface area is 97.6 Å². The lowest BCUT2D eigenvalue weighted by atomic mass is 10.0. The molecular weight excluding hydrogens is 224 g/mol. The zero-order chi connectivity index (χ0) is 12.3. The van der Waals surface area contributed by atoms with Gasteiger partial charge in [0.25, 0.3) is 0 Å². The minimum atomic E-state index is -1.07. The highest BCUT2D eigenvalue weighted by molar-refractivity contribution is 5.23. The standard InChI is InChI=1S/C13H11F2NO/c14-10-3-4-12(15)11(7-10)13(17)6-9-2-1-5-16-8-9/h1-5,7-8,13,17H,6H2. The number of hydrogen-bond acceptors (Lipinski definition) is 2. The van der Waals surface area contributed by atoms with Crippen molar-refractivity contribution in [2.24, 2.45) is 0 Å². The van der Waals surface area contributed by atoms with E-state index in [1.807, 2.05) is 0 Å². The molecule has 4 heteroatoms. The molecular formula is C13H11F2NO. The minimum Gasteiger partial charge on any atom is -0.388 e. The van der Waals surface area contributed by atoms with Crippen molar-refractivity contribution < 1.29 is 13.9 Å². The Morgan fingerprint density at radius 2 is 2.06 bits per heavy atom. The predicted octanol–water partition coefficient (Wildman–Crippen LogP) is 2.64. The van der Waals surface area contributed by atoms with Gasteiger partial charge in [-0.2, -0.15) is 0 Å². The van der Waals surface area contributed by atoms with E-state index in [1.54, 1.807) is 24.5 Å². The monoisotopic (exact) mass is 235 g/mol. The van der Waals surface area contributed by atoms with Gasteiger partial charge in [-0.1, -0.05) is 6.07 Å². The first-order valence-electron chi connectivity index (χ1n) is 5.19. The van der Waals surface area contributed by atoms with E-state index >= 15 is 0 Å². The summed E-state index contributed by atoms with van der Waals surface area (Å²) in [6.45, 7) is 0. The normalized spacial score (nSPS) is 12.4. The number of aromatic nitrogens is 1. The highest BCUT2D eigenvalue weighted by Crippen LogP contribution is 2.21. The average Bonchev–Trinajstić information content (AvgIpc) is 2.33. The molecule has 2 rings (SSSR count). The molecule has 1 N–H and O–H groups in total. The van der Waals surface area contributed by atoms with E-state index in [9.17, 15) is 13.9 Å². The van der Waals surface area contributed by atoms with Crippen molar-refractivity contribution in [3.63, 3.8) is 0 Å². The molecule has 0 aliphatic heterocycles. The molecule has 0 spiro atoms. The molecule has 0 amide bonds. The van der Waals surface area contributed by atoms with Gasteiger partial charge in [-0.05, 0) is 29.8 Å². The van der Waals surface area contributed by atoms with Crippen LogP contribution in [0.1, 0.15) is 17.2 Å². The van der Waals surface area contributed by atoms with Crippen molar-refractivity contribution in [2.45, 2.75) is 12.5 Å². The number of halogens is 2. The average molecular weight is 235 g/mol. The van der Waals surface area contributed by atoms with E-state index in [0.29, 0.717) is 0 Å². The van der Waals surface area contributed by atoms with Crippen molar-refractivity contribution in [3.05, 3.63) is 65.5 Å². The lowest BCUT2D eigenvalue weighted by Gasteiger charge is -2.11. The third kappa shape index (κ3) is 2.85. The summed E-state index contributed by atoms with van der Waals surface area (Å²) in [5.41, 5.74) is 0.734. The van der Waals surface area contributed by atoms with Crippen molar-refractivity contribution in [3.8, 4) is 0 Å². The van der Waals surface area contributed by atoms with Gasteiger partial charge >= 0.3 is 0 Å². The third-order valence-electron chi connectivity index (χ3n) is 2.47. The molecule has 2 aromatic rings.